The van der Waals surface area contributed by atoms with Crippen LogP contribution >= 0.6 is 11.6 Å². The monoisotopic (exact) mass is 654 g/mol. The van der Waals surface area contributed by atoms with Crippen LogP contribution in [0.1, 0.15) is 35.2 Å². The van der Waals surface area contributed by atoms with Crippen molar-refractivity contribution in [2.24, 2.45) is 12.8 Å². The average Bonchev–Trinajstić information content (AvgIpc) is 3.54. The summed E-state index contributed by atoms with van der Waals surface area (Å²) in [6.45, 7) is 5.03. The summed E-state index contributed by atoms with van der Waals surface area (Å²) in [6.07, 6.45) is 5.15. The molecule has 47 heavy (non-hydrogen) atoms. The van der Waals surface area contributed by atoms with Gasteiger partial charge in [-0.25, -0.2) is 14.6 Å². The van der Waals surface area contributed by atoms with Crippen molar-refractivity contribution in [2.45, 2.75) is 51.7 Å². The number of aryl methyl sites for hydroxylation is 3. The Morgan fingerprint density at radius 2 is 1.85 bits per heavy atom. The standard InChI is InChI=1S/C31H28ClN5O2.C5H11NO2/c1-17-14-20-16-33-37(3)31(38)27(20)29(34-17)35-25-13-7-9-21(18(25)2)23-11-6-12-24(28(23)32)26-15-19-8-5-10-22(19)30(36-26)39-4;6-4-1-2-8-3-5(4)7/h6-7,9,11-16H,5,8,10H2,1-4H3,(H,34,35);4-5,7H,1-3,6H2. The number of nitrogens with two attached hydrogens (primary N) is 1. The Labute approximate surface area is 278 Å². The Morgan fingerprint density at radius 3 is 2.60 bits per heavy atom. The topological polar surface area (TPSA) is 137 Å². The number of pyridine rings is 2. The van der Waals surface area contributed by atoms with E-state index in [0.717, 1.165) is 70.4 Å². The molecule has 4 N–H and O–H groups in total. The van der Waals surface area contributed by atoms with Crippen molar-refractivity contribution in [3.05, 3.63) is 92.5 Å². The maximum Gasteiger partial charge on any atom is 0.278 e. The minimum Gasteiger partial charge on any atom is -0.481 e. The van der Waals surface area contributed by atoms with Crippen LogP contribution in [-0.2, 0) is 24.6 Å². The Balaban J connectivity index is 0.000000424. The van der Waals surface area contributed by atoms with Crippen molar-refractivity contribution >= 4 is 33.9 Å². The molecule has 0 bridgehead atoms. The van der Waals surface area contributed by atoms with E-state index >= 15 is 0 Å². The van der Waals surface area contributed by atoms with E-state index in [1.807, 2.05) is 56.3 Å². The number of fused-ring (bicyclic) bond motifs is 2. The first-order valence-electron chi connectivity index (χ1n) is 15.7. The van der Waals surface area contributed by atoms with Crippen LogP contribution in [0.2, 0.25) is 5.02 Å². The van der Waals surface area contributed by atoms with Crippen molar-refractivity contribution in [2.75, 3.05) is 25.6 Å². The molecule has 2 unspecified atom stereocenters. The molecule has 1 fully saturated rings. The second-order valence-electron chi connectivity index (χ2n) is 12.0. The normalized spacial score (nSPS) is 17.2. The third-order valence-corrected chi connectivity index (χ3v) is 9.24. The molecule has 10 nitrogen and oxygen atoms in total. The highest BCUT2D eigenvalue weighted by Crippen LogP contribution is 2.41. The molecule has 2 aliphatic rings. The van der Waals surface area contributed by atoms with Gasteiger partial charge in [-0.15, -0.1) is 0 Å². The Morgan fingerprint density at radius 1 is 1.09 bits per heavy atom. The molecule has 0 amide bonds. The van der Waals surface area contributed by atoms with Crippen LogP contribution in [-0.4, -0.2) is 57.3 Å². The van der Waals surface area contributed by atoms with E-state index in [4.69, 9.17) is 36.9 Å². The molecule has 11 heteroatoms. The van der Waals surface area contributed by atoms with E-state index in [-0.39, 0.29) is 11.6 Å². The van der Waals surface area contributed by atoms with Crippen molar-refractivity contribution in [1.29, 1.82) is 0 Å². The SMILES string of the molecule is COc1nc(-c2cccc(-c3cccc(Nc4nc(C)cc5cnn(C)c(=O)c45)c3C)c2Cl)cc2c1CCC2.NC1CCOCC1O. The predicted octanol–water partition coefficient (Wildman–Crippen LogP) is 5.66. The summed E-state index contributed by atoms with van der Waals surface area (Å²) in [5.41, 5.74) is 13.9. The van der Waals surface area contributed by atoms with Gasteiger partial charge in [-0.3, -0.25) is 4.79 Å². The van der Waals surface area contributed by atoms with Gasteiger partial charge in [0.2, 0.25) is 5.88 Å². The van der Waals surface area contributed by atoms with E-state index in [1.165, 1.54) is 15.8 Å². The van der Waals surface area contributed by atoms with Gasteiger partial charge < -0.3 is 25.6 Å². The Bertz CT molecular complexity index is 2000. The summed E-state index contributed by atoms with van der Waals surface area (Å²) in [4.78, 5) is 22.4. The summed E-state index contributed by atoms with van der Waals surface area (Å²) >= 11 is 7.08. The molecule has 2 aromatic carbocycles. The summed E-state index contributed by atoms with van der Waals surface area (Å²) in [5.74, 6) is 1.19. The summed E-state index contributed by atoms with van der Waals surface area (Å²) in [6, 6.07) is 16.0. The van der Waals surface area contributed by atoms with E-state index < -0.39 is 6.10 Å². The van der Waals surface area contributed by atoms with Gasteiger partial charge in [0.05, 0.1) is 42.1 Å². The van der Waals surface area contributed by atoms with E-state index in [1.54, 1.807) is 20.4 Å². The molecule has 5 aromatic rings. The lowest BCUT2D eigenvalue weighted by molar-refractivity contribution is -0.0182. The number of hydrogen-bond donors (Lipinski definition) is 3. The van der Waals surface area contributed by atoms with E-state index in [2.05, 4.69) is 21.5 Å². The van der Waals surface area contributed by atoms with Crippen LogP contribution in [0.15, 0.2) is 59.5 Å². The fourth-order valence-electron chi connectivity index (χ4n) is 6.20. The Kier molecular flexibility index (Phi) is 9.56. The third kappa shape index (κ3) is 6.59. The molecule has 2 atom stereocenters. The van der Waals surface area contributed by atoms with Gasteiger partial charge in [-0.1, -0.05) is 41.9 Å². The van der Waals surface area contributed by atoms with E-state index in [9.17, 15) is 4.79 Å². The van der Waals surface area contributed by atoms with Gasteiger partial charge in [0.15, 0.2) is 0 Å². The van der Waals surface area contributed by atoms with Gasteiger partial charge in [0, 0.05) is 53.2 Å². The quantitative estimate of drug-likeness (QED) is 0.219. The minimum atomic E-state index is -0.441. The van der Waals surface area contributed by atoms with Crippen molar-refractivity contribution in [1.82, 2.24) is 19.7 Å². The minimum absolute atomic E-state index is 0.0660. The van der Waals surface area contributed by atoms with E-state index in [0.29, 0.717) is 35.3 Å². The lowest BCUT2D eigenvalue weighted by Crippen LogP contribution is -2.42. The van der Waals surface area contributed by atoms with Gasteiger partial charge >= 0.3 is 0 Å². The summed E-state index contributed by atoms with van der Waals surface area (Å²) < 4.78 is 11.9. The molecule has 3 aromatic heterocycles. The first kappa shape index (κ1) is 32.6. The number of nitrogens with one attached hydrogen (secondary N) is 1. The fourth-order valence-corrected chi connectivity index (χ4v) is 6.52. The number of aromatic nitrogens is 4. The highest BCUT2D eigenvalue weighted by molar-refractivity contribution is 6.36. The smallest absolute Gasteiger partial charge is 0.278 e. The number of anilines is 2. The molecule has 7 rings (SSSR count). The molecular formula is C36H39ClN6O4. The van der Waals surface area contributed by atoms with Crippen molar-refractivity contribution < 1.29 is 14.6 Å². The van der Waals surface area contributed by atoms with Gasteiger partial charge in [-0.2, -0.15) is 5.10 Å². The first-order valence-corrected chi connectivity index (χ1v) is 16.1. The molecular weight excluding hydrogens is 616 g/mol. The van der Waals surface area contributed by atoms with Gasteiger partial charge in [0.25, 0.3) is 5.56 Å². The molecule has 0 spiro atoms. The number of rotatable bonds is 5. The summed E-state index contributed by atoms with van der Waals surface area (Å²) in [5, 5.41) is 18.4. The maximum absolute atomic E-state index is 12.9. The number of ether oxygens (including phenoxy) is 2. The molecule has 244 valence electrons. The second kappa shape index (κ2) is 13.8. The number of hydrogen-bond acceptors (Lipinski definition) is 9. The zero-order valence-electron chi connectivity index (χ0n) is 27.0. The molecule has 4 heterocycles. The van der Waals surface area contributed by atoms with Crippen LogP contribution in [0.3, 0.4) is 0 Å². The Hall–Kier alpha value is -4.35. The van der Waals surface area contributed by atoms with Crippen LogP contribution < -0.4 is 21.3 Å². The van der Waals surface area contributed by atoms with Gasteiger partial charge in [0.1, 0.15) is 5.82 Å². The summed E-state index contributed by atoms with van der Waals surface area (Å²) in [7, 11) is 3.31. The van der Waals surface area contributed by atoms with Crippen molar-refractivity contribution in [3.8, 4) is 28.3 Å². The molecule has 1 aliphatic heterocycles. The zero-order chi connectivity index (χ0) is 33.2. The number of nitrogens with zero attached hydrogens (tertiary/aromatic N) is 4. The van der Waals surface area contributed by atoms with Crippen molar-refractivity contribution in [3.63, 3.8) is 0 Å². The van der Waals surface area contributed by atoms with Gasteiger partial charge in [-0.05, 0) is 74.4 Å². The van der Waals surface area contributed by atoms with Crippen LogP contribution in [0, 0.1) is 13.8 Å². The van der Waals surface area contributed by atoms with Crippen LogP contribution in [0.5, 0.6) is 5.88 Å². The van der Waals surface area contributed by atoms with Crippen LogP contribution in [0.25, 0.3) is 33.2 Å². The fraction of sp³-hybridized carbons (Fsp3) is 0.333. The molecule has 1 saturated heterocycles. The first-order chi connectivity index (χ1) is 22.7. The number of benzene rings is 2. The average molecular weight is 655 g/mol. The zero-order valence-corrected chi connectivity index (χ0v) is 27.8. The molecule has 1 aliphatic carbocycles. The third-order valence-electron chi connectivity index (χ3n) is 8.83. The number of aliphatic hydroxyl groups excluding tert-OH is 1. The highest BCUT2D eigenvalue weighted by Gasteiger charge is 2.22. The second-order valence-corrected chi connectivity index (χ2v) is 12.4. The molecule has 0 radical (unpaired) electrons. The number of aliphatic hydroxyl groups is 1. The maximum atomic E-state index is 12.9. The number of methoxy groups -OCH3 is 1. The number of halogens is 1. The predicted molar refractivity (Wildman–Crippen MR) is 186 cm³/mol. The lowest BCUT2D eigenvalue weighted by Gasteiger charge is -2.23. The largest absolute Gasteiger partial charge is 0.481 e. The van der Waals surface area contributed by atoms with Crippen LogP contribution in [0.4, 0.5) is 11.5 Å². The lowest BCUT2D eigenvalue weighted by atomic mass is 9.96. The molecule has 0 saturated carbocycles. The highest BCUT2D eigenvalue weighted by atomic mass is 35.5.